The average molecular weight is 438 g/mol. The fourth-order valence-corrected chi connectivity index (χ4v) is 3.46. The molecule has 0 saturated carbocycles. The molecule has 0 atom stereocenters. The molecule has 0 fully saturated rings. The molecule has 3 aromatic rings. The van der Waals surface area contributed by atoms with E-state index in [0.717, 1.165) is 16.9 Å². The van der Waals surface area contributed by atoms with Gasteiger partial charge in [0.1, 0.15) is 11.5 Å². The first-order chi connectivity index (χ1) is 15.0. The number of amides is 1. The van der Waals surface area contributed by atoms with Crippen LogP contribution in [-0.4, -0.2) is 30.9 Å². The van der Waals surface area contributed by atoms with Crippen molar-refractivity contribution in [3.8, 4) is 11.5 Å². The molecule has 7 nitrogen and oxygen atoms in total. The molecular weight excluding hydrogens is 414 g/mol. The summed E-state index contributed by atoms with van der Waals surface area (Å²) in [6, 6.07) is 12.6. The Kier molecular flexibility index (Phi) is 7.40. The molecule has 2 aromatic carbocycles. The normalized spacial score (nSPS) is 10.7. The molecule has 0 radical (unpaired) electrons. The minimum absolute atomic E-state index is 0.0257. The summed E-state index contributed by atoms with van der Waals surface area (Å²) < 4.78 is 10.5. The average Bonchev–Trinajstić information content (AvgIpc) is 3.23. The molecule has 1 heterocycles. The standard InChI is InChI=1S/C23H23N3O4S/c1-15(27)16-4-7-18(8-5-16)25-23-26-19(14-31-23)13-24-22(28)11-6-17-12-20(29-2)9-10-21(17)30-3/h4-12,14H,13H2,1-3H3,(H,24,28)(H,25,26)/b11-6+. The summed E-state index contributed by atoms with van der Waals surface area (Å²) >= 11 is 1.44. The Balaban J connectivity index is 1.55. The van der Waals surface area contributed by atoms with E-state index in [1.807, 2.05) is 17.5 Å². The van der Waals surface area contributed by atoms with Crippen molar-refractivity contribution in [2.24, 2.45) is 0 Å². The van der Waals surface area contributed by atoms with Crippen molar-refractivity contribution in [1.82, 2.24) is 10.3 Å². The highest BCUT2D eigenvalue weighted by atomic mass is 32.1. The summed E-state index contributed by atoms with van der Waals surface area (Å²) in [4.78, 5) is 28.0. The Labute approximate surface area is 184 Å². The van der Waals surface area contributed by atoms with E-state index >= 15 is 0 Å². The molecule has 160 valence electrons. The third-order valence-corrected chi connectivity index (χ3v) is 5.20. The van der Waals surface area contributed by atoms with Crippen molar-refractivity contribution in [3.63, 3.8) is 0 Å². The van der Waals surface area contributed by atoms with Gasteiger partial charge in [0.15, 0.2) is 10.9 Å². The van der Waals surface area contributed by atoms with Gasteiger partial charge in [0.2, 0.25) is 5.91 Å². The topological polar surface area (TPSA) is 89.5 Å². The lowest BCUT2D eigenvalue weighted by atomic mass is 10.1. The van der Waals surface area contributed by atoms with Crippen LogP contribution < -0.4 is 20.1 Å². The van der Waals surface area contributed by atoms with Gasteiger partial charge >= 0.3 is 0 Å². The van der Waals surface area contributed by atoms with Gasteiger partial charge in [0.05, 0.1) is 26.5 Å². The summed E-state index contributed by atoms with van der Waals surface area (Å²) in [5, 5.41) is 8.59. The number of ether oxygens (including phenoxy) is 2. The van der Waals surface area contributed by atoms with Crippen LogP contribution in [0.5, 0.6) is 11.5 Å². The molecule has 1 amide bonds. The molecule has 0 saturated heterocycles. The number of benzene rings is 2. The zero-order valence-electron chi connectivity index (χ0n) is 17.5. The molecular formula is C23H23N3O4S. The molecule has 3 rings (SSSR count). The van der Waals surface area contributed by atoms with E-state index in [4.69, 9.17) is 9.47 Å². The second-order valence-corrected chi connectivity index (χ2v) is 7.42. The third-order valence-electron chi connectivity index (χ3n) is 4.39. The monoisotopic (exact) mass is 437 g/mol. The van der Waals surface area contributed by atoms with Gasteiger partial charge in [-0.3, -0.25) is 9.59 Å². The van der Waals surface area contributed by atoms with Crippen LogP contribution in [0.15, 0.2) is 53.9 Å². The molecule has 1 aromatic heterocycles. The fraction of sp³-hybridized carbons (Fsp3) is 0.174. The maximum atomic E-state index is 12.2. The number of Topliss-reactive ketones (excluding diaryl/α,β-unsaturated/α-hetero) is 1. The number of nitrogens with one attached hydrogen (secondary N) is 2. The number of rotatable bonds is 9. The van der Waals surface area contributed by atoms with Crippen LogP contribution in [0.25, 0.3) is 6.08 Å². The Morgan fingerprint density at radius 2 is 1.87 bits per heavy atom. The molecule has 0 aliphatic heterocycles. The zero-order valence-corrected chi connectivity index (χ0v) is 18.3. The molecule has 0 bridgehead atoms. The highest BCUT2D eigenvalue weighted by molar-refractivity contribution is 7.13. The Hall–Kier alpha value is -3.65. The van der Waals surface area contributed by atoms with E-state index in [1.165, 1.54) is 24.3 Å². The summed E-state index contributed by atoms with van der Waals surface area (Å²) in [7, 11) is 3.16. The second-order valence-electron chi connectivity index (χ2n) is 6.56. The first-order valence-electron chi connectivity index (χ1n) is 9.49. The Bertz CT molecular complexity index is 1090. The lowest BCUT2D eigenvalue weighted by Crippen LogP contribution is -2.20. The van der Waals surface area contributed by atoms with E-state index in [0.29, 0.717) is 28.7 Å². The lowest BCUT2D eigenvalue weighted by Gasteiger charge is -2.07. The van der Waals surface area contributed by atoms with Crippen molar-refractivity contribution in [2.45, 2.75) is 13.5 Å². The van der Waals surface area contributed by atoms with Gasteiger partial charge in [-0.25, -0.2) is 4.98 Å². The van der Waals surface area contributed by atoms with Gasteiger partial charge in [-0.15, -0.1) is 11.3 Å². The molecule has 0 aliphatic carbocycles. The van der Waals surface area contributed by atoms with Crippen LogP contribution >= 0.6 is 11.3 Å². The molecule has 0 unspecified atom stereocenters. The van der Waals surface area contributed by atoms with Gasteiger partial charge in [-0.1, -0.05) is 0 Å². The van der Waals surface area contributed by atoms with Gasteiger partial charge in [-0.05, 0) is 55.5 Å². The minimum atomic E-state index is -0.243. The quantitative estimate of drug-likeness (QED) is 0.380. The van der Waals surface area contributed by atoms with E-state index in [2.05, 4.69) is 15.6 Å². The number of carbonyl (C=O) groups is 2. The Morgan fingerprint density at radius 1 is 1.10 bits per heavy atom. The van der Waals surface area contributed by atoms with Crippen LogP contribution in [0.4, 0.5) is 10.8 Å². The smallest absolute Gasteiger partial charge is 0.244 e. The number of hydrogen-bond acceptors (Lipinski definition) is 7. The molecule has 2 N–H and O–H groups in total. The van der Waals surface area contributed by atoms with Crippen molar-refractivity contribution < 1.29 is 19.1 Å². The van der Waals surface area contributed by atoms with Crippen LogP contribution in [0.1, 0.15) is 28.5 Å². The van der Waals surface area contributed by atoms with E-state index in [9.17, 15) is 9.59 Å². The maximum absolute atomic E-state index is 12.2. The second kappa shape index (κ2) is 10.4. The van der Waals surface area contributed by atoms with E-state index in [1.54, 1.807) is 50.6 Å². The largest absolute Gasteiger partial charge is 0.497 e. The Morgan fingerprint density at radius 3 is 2.55 bits per heavy atom. The highest BCUT2D eigenvalue weighted by Gasteiger charge is 2.06. The summed E-state index contributed by atoms with van der Waals surface area (Å²) in [6.45, 7) is 1.84. The summed E-state index contributed by atoms with van der Waals surface area (Å²) in [6.07, 6.45) is 3.12. The number of ketones is 1. The molecule has 0 aliphatic rings. The van der Waals surface area contributed by atoms with E-state index in [-0.39, 0.29) is 11.7 Å². The van der Waals surface area contributed by atoms with Crippen LogP contribution in [-0.2, 0) is 11.3 Å². The first kappa shape index (κ1) is 22.0. The van der Waals surface area contributed by atoms with Crippen molar-refractivity contribution in [1.29, 1.82) is 0 Å². The predicted molar refractivity (Wildman–Crippen MR) is 122 cm³/mol. The van der Waals surface area contributed by atoms with Gasteiger partial charge in [0.25, 0.3) is 0 Å². The number of hydrogen-bond donors (Lipinski definition) is 2. The van der Waals surface area contributed by atoms with Crippen molar-refractivity contribution in [3.05, 3.63) is 70.7 Å². The highest BCUT2D eigenvalue weighted by Crippen LogP contribution is 2.25. The number of nitrogens with zero attached hydrogens (tertiary/aromatic N) is 1. The number of thiazole rings is 1. The van der Waals surface area contributed by atoms with Crippen LogP contribution in [0, 0.1) is 0 Å². The van der Waals surface area contributed by atoms with Crippen LogP contribution in [0.3, 0.4) is 0 Å². The maximum Gasteiger partial charge on any atom is 0.244 e. The summed E-state index contributed by atoms with van der Waals surface area (Å²) in [5.74, 6) is 1.11. The molecule has 8 heteroatoms. The number of methoxy groups -OCH3 is 2. The zero-order chi connectivity index (χ0) is 22.2. The summed E-state index contributed by atoms with van der Waals surface area (Å²) in [5.41, 5.74) is 2.99. The predicted octanol–water partition coefficient (Wildman–Crippen LogP) is 4.44. The van der Waals surface area contributed by atoms with Crippen molar-refractivity contribution in [2.75, 3.05) is 19.5 Å². The fourth-order valence-electron chi connectivity index (χ4n) is 2.73. The number of anilines is 2. The van der Waals surface area contributed by atoms with Gasteiger partial charge in [-0.2, -0.15) is 0 Å². The lowest BCUT2D eigenvalue weighted by molar-refractivity contribution is -0.116. The van der Waals surface area contributed by atoms with Crippen LogP contribution in [0.2, 0.25) is 0 Å². The first-order valence-corrected chi connectivity index (χ1v) is 10.4. The van der Waals surface area contributed by atoms with E-state index < -0.39 is 0 Å². The minimum Gasteiger partial charge on any atom is -0.497 e. The SMILES string of the molecule is COc1ccc(OC)c(/C=C/C(=O)NCc2csc(Nc3ccc(C(C)=O)cc3)n2)c1. The molecule has 0 spiro atoms. The van der Waals surface area contributed by atoms with Gasteiger partial charge < -0.3 is 20.1 Å². The number of carbonyl (C=O) groups excluding carboxylic acids is 2. The molecule has 31 heavy (non-hydrogen) atoms. The number of aromatic nitrogens is 1. The third kappa shape index (κ3) is 6.16. The van der Waals surface area contributed by atoms with Crippen molar-refractivity contribution >= 4 is 39.9 Å². The van der Waals surface area contributed by atoms with Gasteiger partial charge in [0, 0.05) is 28.3 Å².